The summed E-state index contributed by atoms with van der Waals surface area (Å²) in [5.41, 5.74) is 0.748. The molecule has 3 heterocycles. The first-order valence-electron chi connectivity index (χ1n) is 5.97. The number of ether oxygens (including phenoxy) is 1. The highest BCUT2D eigenvalue weighted by molar-refractivity contribution is 6.10. The van der Waals surface area contributed by atoms with Gasteiger partial charge in [-0.2, -0.15) is 0 Å². The zero-order valence-corrected chi connectivity index (χ0v) is 9.67. The third-order valence-corrected chi connectivity index (χ3v) is 3.55. The van der Waals surface area contributed by atoms with Crippen LogP contribution in [0, 0.1) is 0 Å². The number of carbonyl (C=O) groups excluding carboxylic acids is 1. The second-order valence-electron chi connectivity index (χ2n) is 4.66. The van der Waals surface area contributed by atoms with E-state index in [1.807, 2.05) is 48.7 Å². The number of para-hydroxylation sites is 1. The van der Waals surface area contributed by atoms with Crippen LogP contribution in [0.1, 0.15) is 10.4 Å². The number of hydrogen-bond acceptors (Lipinski definition) is 3. The van der Waals surface area contributed by atoms with Crippen molar-refractivity contribution < 1.29 is 9.53 Å². The molecule has 1 aromatic rings. The van der Waals surface area contributed by atoms with Gasteiger partial charge in [-0.1, -0.05) is 18.2 Å². The standard InChI is InChI=1S/C15H11NO2/c17-14-12-5-1-2-6-13(12)18-15(14)7-9-16-8-3-4-11(16)10-15/h1-7,9-10H,8H2. The minimum absolute atomic E-state index is 0.0156. The third kappa shape index (κ3) is 1.11. The maximum absolute atomic E-state index is 12.5. The number of carbonyl (C=O) groups is 1. The first-order chi connectivity index (χ1) is 8.78. The zero-order valence-electron chi connectivity index (χ0n) is 9.67. The molecule has 0 bridgehead atoms. The van der Waals surface area contributed by atoms with Crippen LogP contribution in [0.4, 0.5) is 0 Å². The van der Waals surface area contributed by atoms with Gasteiger partial charge < -0.3 is 9.64 Å². The largest absolute Gasteiger partial charge is 0.470 e. The van der Waals surface area contributed by atoms with Crippen molar-refractivity contribution in [3.8, 4) is 5.75 Å². The van der Waals surface area contributed by atoms with Crippen molar-refractivity contribution in [3.05, 3.63) is 66.0 Å². The number of rotatable bonds is 0. The molecule has 4 rings (SSSR count). The van der Waals surface area contributed by atoms with Gasteiger partial charge >= 0.3 is 0 Å². The van der Waals surface area contributed by atoms with E-state index in [-0.39, 0.29) is 5.78 Å². The molecule has 0 amide bonds. The van der Waals surface area contributed by atoms with E-state index in [4.69, 9.17) is 4.74 Å². The van der Waals surface area contributed by atoms with Gasteiger partial charge in [-0.05, 0) is 30.4 Å². The summed E-state index contributed by atoms with van der Waals surface area (Å²) in [7, 11) is 0. The average Bonchev–Trinajstić information content (AvgIpc) is 2.95. The molecule has 0 N–H and O–H groups in total. The molecule has 0 aliphatic carbocycles. The number of benzene rings is 1. The highest BCUT2D eigenvalue weighted by Crippen LogP contribution is 2.39. The van der Waals surface area contributed by atoms with E-state index in [0.29, 0.717) is 11.3 Å². The van der Waals surface area contributed by atoms with Gasteiger partial charge in [0, 0.05) is 18.4 Å². The van der Waals surface area contributed by atoms with Gasteiger partial charge in [-0.15, -0.1) is 0 Å². The van der Waals surface area contributed by atoms with Crippen LogP contribution in [0.3, 0.4) is 0 Å². The number of nitrogens with zero attached hydrogens (tertiary/aromatic N) is 1. The van der Waals surface area contributed by atoms with E-state index in [1.165, 1.54) is 0 Å². The quantitative estimate of drug-likeness (QED) is 0.693. The normalized spacial score (nSPS) is 27.2. The Morgan fingerprint density at radius 2 is 2.17 bits per heavy atom. The molecule has 18 heavy (non-hydrogen) atoms. The highest BCUT2D eigenvalue weighted by atomic mass is 16.5. The average molecular weight is 237 g/mol. The molecule has 0 radical (unpaired) electrons. The second kappa shape index (κ2) is 3.13. The summed E-state index contributed by atoms with van der Waals surface area (Å²) in [5, 5.41) is 0. The Hall–Kier alpha value is -2.29. The number of allylic oxidation sites excluding steroid dienone is 1. The van der Waals surface area contributed by atoms with Crippen LogP contribution in [-0.2, 0) is 0 Å². The van der Waals surface area contributed by atoms with Crippen LogP contribution in [0.2, 0.25) is 0 Å². The van der Waals surface area contributed by atoms with Crippen molar-refractivity contribution in [2.75, 3.05) is 6.54 Å². The van der Waals surface area contributed by atoms with Gasteiger partial charge in [0.25, 0.3) is 0 Å². The molecule has 1 unspecified atom stereocenters. The predicted octanol–water partition coefficient (Wildman–Crippen LogP) is 2.28. The third-order valence-electron chi connectivity index (χ3n) is 3.55. The Bertz CT molecular complexity index is 642. The zero-order chi connectivity index (χ0) is 12.2. The maximum atomic E-state index is 12.5. The molecule has 3 aliphatic rings. The molecule has 0 saturated heterocycles. The Morgan fingerprint density at radius 3 is 3.06 bits per heavy atom. The van der Waals surface area contributed by atoms with Gasteiger partial charge in [0.2, 0.25) is 11.4 Å². The number of hydrogen-bond donors (Lipinski definition) is 0. The van der Waals surface area contributed by atoms with Crippen molar-refractivity contribution in [2.24, 2.45) is 0 Å². The lowest BCUT2D eigenvalue weighted by Gasteiger charge is -2.28. The lowest BCUT2D eigenvalue weighted by molar-refractivity contribution is 0.0799. The summed E-state index contributed by atoms with van der Waals surface area (Å²) in [6.45, 7) is 0.861. The van der Waals surface area contributed by atoms with E-state index in [0.717, 1.165) is 12.2 Å². The highest BCUT2D eigenvalue weighted by Gasteiger charge is 2.46. The summed E-state index contributed by atoms with van der Waals surface area (Å²) in [6.07, 6.45) is 9.76. The first-order valence-corrected chi connectivity index (χ1v) is 5.97. The van der Waals surface area contributed by atoms with Crippen LogP contribution in [0.5, 0.6) is 5.75 Å². The van der Waals surface area contributed by atoms with E-state index in [9.17, 15) is 4.79 Å². The number of Topliss-reactive ketones (excluding diaryl/α,β-unsaturated/α-hetero) is 1. The van der Waals surface area contributed by atoms with Crippen molar-refractivity contribution in [3.63, 3.8) is 0 Å². The molecule has 1 atom stereocenters. The van der Waals surface area contributed by atoms with Gasteiger partial charge in [-0.3, -0.25) is 4.79 Å². The Balaban J connectivity index is 1.84. The van der Waals surface area contributed by atoms with Crippen LogP contribution >= 0.6 is 0 Å². The topological polar surface area (TPSA) is 29.5 Å². The molecule has 3 aliphatic heterocycles. The Kier molecular flexibility index (Phi) is 1.69. The summed E-state index contributed by atoms with van der Waals surface area (Å²) in [5.74, 6) is 0.682. The molecular weight excluding hydrogens is 226 g/mol. The smallest absolute Gasteiger partial charge is 0.218 e. The van der Waals surface area contributed by atoms with Crippen molar-refractivity contribution >= 4 is 5.78 Å². The lowest BCUT2D eigenvalue weighted by atomic mass is 9.92. The summed E-state index contributed by atoms with van der Waals surface area (Å²) < 4.78 is 5.88. The maximum Gasteiger partial charge on any atom is 0.218 e. The van der Waals surface area contributed by atoms with Crippen molar-refractivity contribution in [1.29, 1.82) is 0 Å². The van der Waals surface area contributed by atoms with Crippen LogP contribution in [-0.4, -0.2) is 22.8 Å². The van der Waals surface area contributed by atoms with Gasteiger partial charge in [0.1, 0.15) is 5.75 Å². The number of ketones is 1. The van der Waals surface area contributed by atoms with Crippen LogP contribution < -0.4 is 4.74 Å². The van der Waals surface area contributed by atoms with Crippen LogP contribution in [0.25, 0.3) is 0 Å². The molecule has 0 aromatic heterocycles. The SMILES string of the molecule is O=C1c2ccccc2OC12C=CN1CC=CC1=C2. The Morgan fingerprint density at radius 1 is 1.28 bits per heavy atom. The molecule has 88 valence electrons. The Labute approximate surface area is 105 Å². The molecule has 1 spiro atoms. The monoisotopic (exact) mass is 237 g/mol. The fourth-order valence-electron chi connectivity index (χ4n) is 2.62. The predicted molar refractivity (Wildman–Crippen MR) is 67.2 cm³/mol. The summed E-state index contributed by atoms with van der Waals surface area (Å²) in [4.78, 5) is 14.6. The number of fused-ring (bicyclic) bond motifs is 2. The lowest BCUT2D eigenvalue weighted by Crippen LogP contribution is -2.39. The van der Waals surface area contributed by atoms with Gasteiger partial charge in [-0.25, -0.2) is 0 Å². The van der Waals surface area contributed by atoms with E-state index >= 15 is 0 Å². The van der Waals surface area contributed by atoms with Gasteiger partial charge in [0.05, 0.1) is 5.56 Å². The second-order valence-corrected chi connectivity index (χ2v) is 4.66. The first kappa shape index (κ1) is 9.71. The van der Waals surface area contributed by atoms with Gasteiger partial charge in [0.15, 0.2) is 0 Å². The molecule has 0 saturated carbocycles. The molecular formula is C15H11NO2. The van der Waals surface area contributed by atoms with E-state index < -0.39 is 5.60 Å². The minimum atomic E-state index is -0.940. The fraction of sp³-hybridized carbons (Fsp3) is 0.133. The summed E-state index contributed by atoms with van der Waals surface area (Å²) in [6, 6.07) is 7.40. The molecule has 0 fully saturated rings. The molecule has 3 nitrogen and oxygen atoms in total. The van der Waals surface area contributed by atoms with E-state index in [1.54, 1.807) is 0 Å². The molecule has 1 aromatic carbocycles. The fourth-order valence-corrected chi connectivity index (χ4v) is 2.62. The molecule has 3 heteroatoms. The minimum Gasteiger partial charge on any atom is -0.470 e. The van der Waals surface area contributed by atoms with E-state index in [2.05, 4.69) is 11.0 Å². The summed E-state index contributed by atoms with van der Waals surface area (Å²) >= 11 is 0. The van der Waals surface area contributed by atoms with Crippen molar-refractivity contribution in [1.82, 2.24) is 4.90 Å². The van der Waals surface area contributed by atoms with Crippen LogP contribution in [0.15, 0.2) is 60.5 Å². The van der Waals surface area contributed by atoms with Crippen molar-refractivity contribution in [2.45, 2.75) is 5.60 Å².